The van der Waals surface area contributed by atoms with Crippen molar-refractivity contribution >= 4 is 34.9 Å². The fraction of sp³-hybridized carbons (Fsp3) is 0. The lowest BCUT2D eigenvalue weighted by atomic mass is 10.2. The quantitative estimate of drug-likeness (QED) is 0.838. The minimum Gasteiger partial charge on any atom is -0.478 e. The van der Waals surface area contributed by atoms with Crippen molar-refractivity contribution in [1.29, 1.82) is 0 Å². The topological polar surface area (TPSA) is 72.6 Å². The molecule has 0 aromatic heterocycles. The molecule has 0 radical (unpaired) electrons. The van der Waals surface area contributed by atoms with Crippen LogP contribution in [0.25, 0.3) is 0 Å². The van der Waals surface area contributed by atoms with E-state index in [1.165, 1.54) is 18.2 Å². The number of rotatable bonds is 3. The molecule has 0 aliphatic rings. The van der Waals surface area contributed by atoms with Crippen molar-refractivity contribution in [2.24, 2.45) is 0 Å². The van der Waals surface area contributed by atoms with Crippen molar-refractivity contribution in [3.63, 3.8) is 0 Å². The lowest BCUT2D eigenvalue weighted by molar-refractivity contribution is 0.0697. The van der Waals surface area contributed by atoms with Crippen molar-refractivity contribution in [3.05, 3.63) is 52.0 Å². The van der Waals surface area contributed by atoms with E-state index in [1.807, 2.05) is 0 Å². The molecule has 0 fully saturated rings. The molecule has 0 amide bonds. The van der Waals surface area contributed by atoms with Gasteiger partial charge in [-0.15, -0.1) is 0 Å². The molecule has 0 bridgehead atoms. The molecule has 4 nitrogen and oxygen atoms in total. The molecule has 0 saturated heterocycles. The molecule has 19 heavy (non-hydrogen) atoms. The molecule has 6 heteroatoms. The fourth-order valence-corrected chi connectivity index (χ4v) is 1.90. The Morgan fingerprint density at radius 2 is 1.79 bits per heavy atom. The van der Waals surface area contributed by atoms with Crippen LogP contribution < -0.4 is 10.5 Å². The summed E-state index contributed by atoms with van der Waals surface area (Å²) in [5, 5.41) is 9.67. The first-order valence-corrected chi connectivity index (χ1v) is 5.98. The van der Waals surface area contributed by atoms with Gasteiger partial charge in [-0.2, -0.15) is 0 Å². The van der Waals surface area contributed by atoms with Crippen LogP contribution in [0.3, 0.4) is 0 Å². The Bertz CT molecular complexity index is 644. The lowest BCUT2D eigenvalue weighted by Gasteiger charge is -2.10. The Hall–Kier alpha value is -1.91. The minimum atomic E-state index is -1.05. The van der Waals surface area contributed by atoms with Crippen LogP contribution in [0.2, 0.25) is 10.0 Å². The Morgan fingerprint density at radius 3 is 2.37 bits per heavy atom. The largest absolute Gasteiger partial charge is 0.478 e. The predicted molar refractivity (Wildman–Crippen MR) is 74.3 cm³/mol. The van der Waals surface area contributed by atoms with Gasteiger partial charge in [-0.25, -0.2) is 4.79 Å². The molecule has 2 aromatic rings. The third-order valence-electron chi connectivity index (χ3n) is 2.37. The second kappa shape index (κ2) is 5.38. The van der Waals surface area contributed by atoms with E-state index in [9.17, 15) is 4.79 Å². The van der Waals surface area contributed by atoms with E-state index >= 15 is 0 Å². The second-order valence-corrected chi connectivity index (χ2v) is 4.58. The van der Waals surface area contributed by atoms with Gasteiger partial charge in [0.2, 0.25) is 0 Å². The van der Waals surface area contributed by atoms with E-state index in [4.69, 9.17) is 38.8 Å². The maximum absolute atomic E-state index is 10.8. The maximum atomic E-state index is 10.8. The van der Waals surface area contributed by atoms with E-state index < -0.39 is 5.97 Å². The highest BCUT2D eigenvalue weighted by molar-refractivity contribution is 6.35. The zero-order chi connectivity index (χ0) is 14.0. The number of carboxylic acids is 1. The summed E-state index contributed by atoms with van der Waals surface area (Å²) in [5.74, 6) is -0.335. The highest BCUT2D eigenvalue weighted by Gasteiger charge is 2.09. The van der Waals surface area contributed by atoms with Crippen molar-refractivity contribution in [2.75, 3.05) is 5.73 Å². The zero-order valence-corrected chi connectivity index (χ0v) is 11.1. The Balaban J connectivity index is 2.31. The van der Waals surface area contributed by atoms with Crippen molar-refractivity contribution in [2.45, 2.75) is 0 Å². The summed E-state index contributed by atoms with van der Waals surface area (Å²) in [7, 11) is 0. The first-order valence-electron chi connectivity index (χ1n) is 5.23. The van der Waals surface area contributed by atoms with Crippen LogP contribution in [0.4, 0.5) is 5.69 Å². The number of halogens is 2. The zero-order valence-electron chi connectivity index (χ0n) is 9.56. The van der Waals surface area contributed by atoms with Crippen LogP contribution in [-0.2, 0) is 0 Å². The summed E-state index contributed by atoms with van der Waals surface area (Å²) in [4.78, 5) is 10.8. The highest BCUT2D eigenvalue weighted by Crippen LogP contribution is 2.34. The molecule has 0 heterocycles. The van der Waals surface area contributed by atoms with Gasteiger partial charge in [-0.05, 0) is 36.4 Å². The molecule has 0 spiro atoms. The second-order valence-electron chi connectivity index (χ2n) is 3.73. The smallest absolute Gasteiger partial charge is 0.335 e. The molecule has 2 rings (SSSR count). The Kier molecular flexibility index (Phi) is 3.83. The minimum absolute atomic E-state index is 0.0899. The predicted octanol–water partition coefficient (Wildman–Crippen LogP) is 4.07. The van der Waals surface area contributed by atoms with Gasteiger partial charge in [0.1, 0.15) is 11.5 Å². The van der Waals surface area contributed by atoms with Gasteiger partial charge in [0.25, 0.3) is 0 Å². The average Bonchev–Trinajstić information content (AvgIpc) is 2.34. The van der Waals surface area contributed by atoms with E-state index in [0.29, 0.717) is 21.5 Å². The number of nitrogens with two attached hydrogens (primary N) is 1. The summed E-state index contributed by atoms with van der Waals surface area (Å²) < 4.78 is 5.52. The summed E-state index contributed by atoms with van der Waals surface area (Å²) in [6, 6.07) is 8.98. The van der Waals surface area contributed by atoms with Crippen LogP contribution in [-0.4, -0.2) is 11.1 Å². The molecular formula is C13H9Cl2NO3. The van der Waals surface area contributed by atoms with Crippen LogP contribution in [0.1, 0.15) is 10.4 Å². The van der Waals surface area contributed by atoms with Gasteiger partial charge in [-0.1, -0.05) is 23.2 Å². The van der Waals surface area contributed by atoms with Gasteiger partial charge in [0, 0.05) is 5.02 Å². The number of nitrogen functional groups attached to an aromatic ring is 1. The number of carbonyl (C=O) groups is 1. The maximum Gasteiger partial charge on any atom is 0.335 e. The van der Waals surface area contributed by atoms with Gasteiger partial charge < -0.3 is 15.6 Å². The Labute approximate surface area is 119 Å². The molecule has 3 N–H and O–H groups in total. The van der Waals surface area contributed by atoms with Gasteiger partial charge >= 0.3 is 5.97 Å². The molecule has 98 valence electrons. The van der Waals surface area contributed by atoms with E-state index in [-0.39, 0.29) is 11.3 Å². The molecule has 0 aliphatic heterocycles. The number of ether oxygens (including phenoxy) is 1. The number of hydrogen-bond acceptors (Lipinski definition) is 3. The molecule has 0 atom stereocenters. The molecule has 2 aromatic carbocycles. The summed E-state index contributed by atoms with van der Waals surface area (Å²) in [6.45, 7) is 0. The SMILES string of the molecule is Nc1cc(C(=O)O)ccc1Oc1ccc(Cl)cc1Cl. The number of benzene rings is 2. The van der Waals surface area contributed by atoms with E-state index in [0.717, 1.165) is 0 Å². The summed E-state index contributed by atoms with van der Waals surface area (Å²) >= 11 is 11.7. The number of carboxylic acid groups (broad SMARTS) is 1. The first kappa shape index (κ1) is 13.5. The van der Waals surface area contributed by atoms with Crippen LogP contribution in [0.15, 0.2) is 36.4 Å². The fourth-order valence-electron chi connectivity index (χ4n) is 1.45. The third-order valence-corrected chi connectivity index (χ3v) is 2.90. The Morgan fingerprint density at radius 1 is 1.11 bits per heavy atom. The van der Waals surface area contributed by atoms with Gasteiger partial charge in [0.05, 0.1) is 16.3 Å². The number of anilines is 1. The molecular weight excluding hydrogens is 289 g/mol. The van der Waals surface area contributed by atoms with Gasteiger partial charge in [-0.3, -0.25) is 0 Å². The van der Waals surface area contributed by atoms with Crippen LogP contribution in [0, 0.1) is 0 Å². The normalized spacial score (nSPS) is 10.2. The van der Waals surface area contributed by atoms with Crippen molar-refractivity contribution in [1.82, 2.24) is 0 Å². The van der Waals surface area contributed by atoms with E-state index in [1.54, 1.807) is 18.2 Å². The monoisotopic (exact) mass is 297 g/mol. The first-order chi connectivity index (χ1) is 8.97. The summed E-state index contributed by atoms with van der Waals surface area (Å²) in [5.41, 5.74) is 6.03. The summed E-state index contributed by atoms with van der Waals surface area (Å²) in [6.07, 6.45) is 0. The van der Waals surface area contributed by atoms with Gasteiger partial charge in [0.15, 0.2) is 0 Å². The van der Waals surface area contributed by atoms with Crippen LogP contribution in [0.5, 0.6) is 11.5 Å². The molecule has 0 aliphatic carbocycles. The number of aromatic carboxylic acids is 1. The van der Waals surface area contributed by atoms with E-state index in [2.05, 4.69) is 0 Å². The molecule has 0 unspecified atom stereocenters. The average molecular weight is 298 g/mol. The third kappa shape index (κ3) is 3.10. The molecule has 0 saturated carbocycles. The van der Waals surface area contributed by atoms with Crippen molar-refractivity contribution < 1.29 is 14.6 Å². The number of hydrogen-bond donors (Lipinski definition) is 2. The van der Waals surface area contributed by atoms with Crippen molar-refractivity contribution in [3.8, 4) is 11.5 Å². The lowest BCUT2D eigenvalue weighted by Crippen LogP contribution is -1.99. The van der Waals surface area contributed by atoms with Crippen LogP contribution >= 0.6 is 23.2 Å². The standard InChI is InChI=1S/C13H9Cl2NO3/c14-8-2-4-11(9(15)6-8)19-12-3-1-7(13(17)18)5-10(12)16/h1-6H,16H2,(H,17,18). The highest BCUT2D eigenvalue weighted by atomic mass is 35.5.